The second kappa shape index (κ2) is 15.7. The van der Waals surface area contributed by atoms with E-state index in [0.717, 1.165) is 60.3 Å². The summed E-state index contributed by atoms with van der Waals surface area (Å²) in [5.74, 6) is -1.55. The van der Waals surface area contributed by atoms with E-state index in [-0.39, 0.29) is 37.5 Å². The molecule has 2 aromatic rings. The summed E-state index contributed by atoms with van der Waals surface area (Å²) in [6.45, 7) is 1.34. The van der Waals surface area contributed by atoms with Crippen molar-refractivity contribution in [3.05, 3.63) is 76.9 Å². The lowest BCUT2D eigenvalue weighted by Crippen LogP contribution is -2.61. The summed E-state index contributed by atoms with van der Waals surface area (Å²) in [4.78, 5) is 27.6. The zero-order valence-corrected chi connectivity index (χ0v) is 25.6. The molecule has 0 saturated carbocycles. The van der Waals surface area contributed by atoms with Crippen LogP contribution < -0.4 is 5.32 Å². The molecule has 1 unspecified atom stereocenters. The first kappa shape index (κ1) is 36.1. The van der Waals surface area contributed by atoms with Crippen LogP contribution in [0.15, 0.2) is 54.6 Å². The molecule has 0 aromatic heterocycles. The highest BCUT2D eigenvalue weighted by atomic mass is 32.2. The highest BCUT2D eigenvalue weighted by molar-refractivity contribution is 7.89. The Morgan fingerprint density at radius 1 is 0.889 bits per heavy atom. The van der Waals surface area contributed by atoms with Gasteiger partial charge >= 0.3 is 12.4 Å². The number of nitrogens with zero attached hydrogens (tertiary/aromatic N) is 2. The van der Waals surface area contributed by atoms with Gasteiger partial charge in [-0.3, -0.25) is 9.59 Å². The number of carbonyl (C=O) groups is 2. The van der Waals surface area contributed by atoms with Gasteiger partial charge in [-0.15, -0.1) is 0 Å². The van der Waals surface area contributed by atoms with Crippen LogP contribution in [0.1, 0.15) is 67.7 Å². The maximum atomic E-state index is 13.3. The summed E-state index contributed by atoms with van der Waals surface area (Å²) < 4.78 is 106. The summed E-state index contributed by atoms with van der Waals surface area (Å²) in [6.07, 6.45) is -1.78. The zero-order chi connectivity index (χ0) is 33.3. The number of piperazine rings is 1. The molecule has 1 aliphatic rings. The molecule has 1 fully saturated rings. The lowest BCUT2D eigenvalue weighted by molar-refractivity contribution is -0.138. The third-order valence-electron chi connectivity index (χ3n) is 7.44. The van der Waals surface area contributed by atoms with E-state index >= 15 is 0 Å². The topological polar surface area (TPSA) is 86.8 Å². The molecule has 0 bridgehead atoms. The van der Waals surface area contributed by atoms with Crippen molar-refractivity contribution >= 4 is 27.9 Å². The Kier molecular flexibility index (Phi) is 12.6. The fourth-order valence-corrected chi connectivity index (χ4v) is 6.62. The molecular formula is C31H37F6N3O4S. The van der Waals surface area contributed by atoms with Crippen molar-refractivity contribution in [3.8, 4) is 0 Å². The largest absolute Gasteiger partial charge is 0.416 e. The third kappa shape index (κ3) is 10.9. The number of nitrogens with one attached hydrogen (secondary N) is 1. The molecule has 14 heteroatoms. The Morgan fingerprint density at radius 2 is 1.53 bits per heavy atom. The summed E-state index contributed by atoms with van der Waals surface area (Å²) in [5.41, 5.74) is -1.26. The lowest BCUT2D eigenvalue weighted by Gasteiger charge is -2.39. The Morgan fingerprint density at radius 3 is 2.18 bits per heavy atom. The normalized spacial score (nSPS) is 16.7. The fourth-order valence-electron chi connectivity index (χ4n) is 4.91. The first-order chi connectivity index (χ1) is 21.1. The van der Waals surface area contributed by atoms with Gasteiger partial charge in [0.2, 0.25) is 21.8 Å². The molecule has 0 spiro atoms. The Labute approximate surface area is 259 Å². The molecule has 0 aliphatic carbocycles. The number of carbonyl (C=O) groups excluding carboxylic acids is 2. The molecule has 3 rings (SSSR count). The maximum absolute atomic E-state index is 13.3. The van der Waals surface area contributed by atoms with Crippen LogP contribution in [0.3, 0.4) is 0 Å². The van der Waals surface area contributed by atoms with Crippen LogP contribution in [0.2, 0.25) is 0 Å². The smallest absolute Gasteiger partial charge is 0.351 e. The summed E-state index contributed by atoms with van der Waals surface area (Å²) in [5, 5.41) is 2.57. The van der Waals surface area contributed by atoms with Crippen LogP contribution >= 0.6 is 0 Å². The van der Waals surface area contributed by atoms with Gasteiger partial charge in [-0.1, -0.05) is 63.3 Å². The molecule has 1 aliphatic heterocycles. The molecule has 2 aromatic carbocycles. The number of amides is 2. The van der Waals surface area contributed by atoms with Crippen molar-refractivity contribution < 1.29 is 44.3 Å². The van der Waals surface area contributed by atoms with Crippen LogP contribution in [-0.4, -0.2) is 60.9 Å². The number of halogens is 6. The van der Waals surface area contributed by atoms with Crippen LogP contribution in [-0.2, 0) is 38.5 Å². The molecule has 1 saturated heterocycles. The van der Waals surface area contributed by atoms with Crippen LogP contribution in [0.25, 0.3) is 6.08 Å². The Hall–Kier alpha value is -3.39. The van der Waals surface area contributed by atoms with Crippen LogP contribution in [0, 0.1) is 0 Å². The first-order valence-electron chi connectivity index (χ1n) is 14.7. The molecule has 1 heterocycles. The maximum Gasteiger partial charge on any atom is 0.416 e. The van der Waals surface area contributed by atoms with Crippen LogP contribution in [0.4, 0.5) is 26.3 Å². The van der Waals surface area contributed by atoms with Gasteiger partial charge in [0.25, 0.3) is 0 Å². The fraction of sp³-hybridized carbons (Fsp3) is 0.484. The standard InChI is InChI=1S/C31H37F6N3O4S/c1-2-3-4-5-6-7-19-45(43,44)40-18-17-39(28(41)16-13-23-9-8-10-26(20-23)31(35,36)37)22-27(40)29(42)38-21-24-11-14-25(15-12-24)30(32,33)34/h8-16,20,27H,2-7,17-19,21-22H2,1H3,(H,38,42)/b16-13+. The SMILES string of the molecule is CCCCCCCCS(=O)(=O)N1CCN(C(=O)/C=C/c2cccc(C(F)(F)F)c2)CC1C(=O)NCc1ccc(C(F)(F)F)cc1. The van der Waals surface area contributed by atoms with E-state index in [1.54, 1.807) is 0 Å². The molecule has 2 amide bonds. The number of unbranched alkanes of at least 4 members (excludes halogenated alkanes) is 5. The summed E-state index contributed by atoms with van der Waals surface area (Å²) >= 11 is 0. The molecule has 248 valence electrons. The minimum Gasteiger partial charge on any atom is -0.351 e. The average molecular weight is 662 g/mol. The molecule has 45 heavy (non-hydrogen) atoms. The Balaban J connectivity index is 1.74. The van der Waals surface area contributed by atoms with E-state index in [9.17, 15) is 44.3 Å². The van der Waals surface area contributed by atoms with Gasteiger partial charge in [0.1, 0.15) is 6.04 Å². The monoisotopic (exact) mass is 661 g/mol. The number of hydrogen-bond acceptors (Lipinski definition) is 4. The van der Waals surface area contributed by atoms with Gasteiger partial charge in [0.05, 0.1) is 16.9 Å². The van der Waals surface area contributed by atoms with Gasteiger partial charge in [0.15, 0.2) is 0 Å². The number of sulfonamides is 1. The van der Waals surface area contributed by atoms with Crippen molar-refractivity contribution in [2.45, 2.75) is 70.4 Å². The van der Waals surface area contributed by atoms with Crippen molar-refractivity contribution in [3.63, 3.8) is 0 Å². The van der Waals surface area contributed by atoms with E-state index in [2.05, 4.69) is 12.2 Å². The number of rotatable bonds is 13. The molecular weight excluding hydrogens is 624 g/mol. The number of benzene rings is 2. The molecule has 1 N–H and O–H groups in total. The second-order valence-electron chi connectivity index (χ2n) is 10.9. The van der Waals surface area contributed by atoms with E-state index in [1.807, 2.05) is 0 Å². The summed E-state index contributed by atoms with van der Waals surface area (Å²) in [7, 11) is -3.91. The first-order valence-corrected chi connectivity index (χ1v) is 16.3. The van der Waals surface area contributed by atoms with Gasteiger partial charge < -0.3 is 10.2 Å². The quantitative estimate of drug-likeness (QED) is 0.156. The van der Waals surface area contributed by atoms with Gasteiger partial charge in [-0.05, 0) is 47.9 Å². The second-order valence-corrected chi connectivity index (χ2v) is 12.9. The number of alkyl halides is 6. The minimum atomic E-state index is -4.56. The van der Waals surface area contributed by atoms with E-state index in [0.29, 0.717) is 18.4 Å². The molecule has 1 atom stereocenters. The van der Waals surface area contributed by atoms with E-state index in [1.165, 1.54) is 35.2 Å². The predicted molar refractivity (Wildman–Crippen MR) is 158 cm³/mol. The average Bonchev–Trinajstić information content (AvgIpc) is 2.99. The van der Waals surface area contributed by atoms with Crippen molar-refractivity contribution in [1.29, 1.82) is 0 Å². The molecule has 0 radical (unpaired) electrons. The van der Waals surface area contributed by atoms with Crippen molar-refractivity contribution in [1.82, 2.24) is 14.5 Å². The predicted octanol–water partition coefficient (Wildman–Crippen LogP) is 6.26. The van der Waals surface area contributed by atoms with Gasteiger partial charge in [-0.25, -0.2) is 8.42 Å². The highest BCUT2D eigenvalue weighted by Crippen LogP contribution is 2.30. The van der Waals surface area contributed by atoms with Crippen molar-refractivity contribution in [2.75, 3.05) is 25.4 Å². The van der Waals surface area contributed by atoms with Crippen molar-refractivity contribution in [2.24, 2.45) is 0 Å². The zero-order valence-electron chi connectivity index (χ0n) is 24.8. The van der Waals surface area contributed by atoms with E-state index < -0.39 is 51.4 Å². The summed E-state index contributed by atoms with van der Waals surface area (Å²) in [6, 6.07) is 7.21. The molecule has 7 nitrogen and oxygen atoms in total. The highest BCUT2D eigenvalue weighted by Gasteiger charge is 2.40. The number of hydrogen-bond donors (Lipinski definition) is 1. The van der Waals surface area contributed by atoms with Crippen LogP contribution in [0.5, 0.6) is 0 Å². The third-order valence-corrected chi connectivity index (χ3v) is 9.40. The van der Waals surface area contributed by atoms with Gasteiger partial charge in [0, 0.05) is 32.3 Å². The lowest BCUT2D eigenvalue weighted by atomic mass is 10.1. The van der Waals surface area contributed by atoms with Gasteiger partial charge in [-0.2, -0.15) is 30.6 Å². The minimum absolute atomic E-state index is 0.0514. The Bertz CT molecular complexity index is 1430. The van der Waals surface area contributed by atoms with E-state index in [4.69, 9.17) is 0 Å².